The molecule has 3 nitrogen and oxygen atoms in total. The van der Waals surface area contributed by atoms with Gasteiger partial charge in [-0.3, -0.25) is 4.98 Å². The Hall–Kier alpha value is -1.23. The van der Waals surface area contributed by atoms with Gasteiger partial charge in [0.15, 0.2) is 0 Å². The maximum absolute atomic E-state index is 5.75. The van der Waals surface area contributed by atoms with E-state index >= 15 is 0 Å². The number of ether oxygens (including phenoxy) is 1. The van der Waals surface area contributed by atoms with Crippen LogP contribution in [-0.2, 0) is 11.2 Å². The average Bonchev–Trinajstić information content (AvgIpc) is 2.91. The summed E-state index contributed by atoms with van der Waals surface area (Å²) in [5.41, 5.74) is 11.5. The molecule has 4 heteroatoms. The van der Waals surface area contributed by atoms with Crippen molar-refractivity contribution in [2.45, 2.75) is 12.5 Å². The monoisotopic (exact) mass is 246 g/mol. The van der Waals surface area contributed by atoms with Crippen LogP contribution in [0.2, 0.25) is 0 Å². The van der Waals surface area contributed by atoms with E-state index in [2.05, 4.69) is 23.2 Å². The van der Waals surface area contributed by atoms with Crippen molar-refractivity contribution < 1.29 is 4.74 Å². The third kappa shape index (κ3) is 1.88. The van der Waals surface area contributed by atoms with Crippen LogP contribution in [0.4, 0.5) is 0 Å². The van der Waals surface area contributed by atoms with Crippen molar-refractivity contribution in [1.82, 2.24) is 4.98 Å². The molecular formula is C13H14N2OS. The number of rotatable bonds is 2. The van der Waals surface area contributed by atoms with E-state index in [0.29, 0.717) is 6.54 Å². The molecule has 17 heavy (non-hydrogen) atoms. The first-order valence-electron chi connectivity index (χ1n) is 5.72. The highest BCUT2D eigenvalue weighted by Crippen LogP contribution is 2.35. The molecule has 0 spiro atoms. The van der Waals surface area contributed by atoms with Crippen molar-refractivity contribution in [3.8, 4) is 10.4 Å². The molecule has 1 atom stereocenters. The average molecular weight is 246 g/mol. The lowest BCUT2D eigenvalue weighted by Gasteiger charge is -2.26. The second-order valence-corrected chi connectivity index (χ2v) is 4.97. The highest BCUT2D eigenvalue weighted by Gasteiger charge is 2.22. The second kappa shape index (κ2) is 4.56. The summed E-state index contributed by atoms with van der Waals surface area (Å²) in [7, 11) is 0. The fraction of sp³-hybridized carbons (Fsp3) is 0.308. The van der Waals surface area contributed by atoms with E-state index in [-0.39, 0.29) is 6.10 Å². The SMILES string of the molecule is NCC1OCCc2c(-c3cncs3)cccc21. The molecular weight excluding hydrogens is 232 g/mol. The lowest BCUT2D eigenvalue weighted by molar-refractivity contribution is 0.0487. The Kier molecular flexibility index (Phi) is 2.93. The van der Waals surface area contributed by atoms with Crippen molar-refractivity contribution in [2.24, 2.45) is 5.73 Å². The Bertz CT molecular complexity index is 510. The molecule has 0 amide bonds. The molecule has 0 fully saturated rings. The van der Waals surface area contributed by atoms with E-state index in [1.807, 2.05) is 11.7 Å². The largest absolute Gasteiger partial charge is 0.372 e. The van der Waals surface area contributed by atoms with Crippen LogP contribution < -0.4 is 5.73 Å². The molecule has 1 aromatic heterocycles. The molecule has 0 saturated heterocycles. The van der Waals surface area contributed by atoms with Gasteiger partial charge in [-0.25, -0.2) is 0 Å². The number of nitrogens with two attached hydrogens (primary N) is 1. The van der Waals surface area contributed by atoms with E-state index in [4.69, 9.17) is 10.5 Å². The molecule has 3 rings (SSSR count). The molecule has 2 heterocycles. The standard InChI is InChI=1S/C13H14N2OS/c14-6-12-10-2-1-3-11(9(10)4-5-16-12)13-7-15-8-17-13/h1-3,7-8,12H,4-6,14H2. The molecule has 88 valence electrons. The molecule has 0 saturated carbocycles. The summed E-state index contributed by atoms with van der Waals surface area (Å²) in [4.78, 5) is 5.37. The number of aromatic nitrogens is 1. The van der Waals surface area contributed by atoms with Crippen molar-refractivity contribution in [2.75, 3.05) is 13.2 Å². The van der Waals surface area contributed by atoms with E-state index in [9.17, 15) is 0 Å². The first kappa shape index (κ1) is 10.9. The topological polar surface area (TPSA) is 48.1 Å². The summed E-state index contributed by atoms with van der Waals surface area (Å²) < 4.78 is 5.69. The maximum atomic E-state index is 5.75. The number of hydrogen-bond acceptors (Lipinski definition) is 4. The molecule has 2 N–H and O–H groups in total. The zero-order valence-corrected chi connectivity index (χ0v) is 10.2. The summed E-state index contributed by atoms with van der Waals surface area (Å²) in [6.45, 7) is 1.30. The molecule has 1 aliphatic heterocycles. The van der Waals surface area contributed by atoms with Gasteiger partial charge in [-0.1, -0.05) is 18.2 Å². The van der Waals surface area contributed by atoms with Gasteiger partial charge in [0.2, 0.25) is 0 Å². The van der Waals surface area contributed by atoms with Gasteiger partial charge >= 0.3 is 0 Å². The van der Waals surface area contributed by atoms with E-state index < -0.39 is 0 Å². The normalized spacial score (nSPS) is 19.0. The van der Waals surface area contributed by atoms with Gasteiger partial charge < -0.3 is 10.5 Å². The fourth-order valence-corrected chi connectivity index (χ4v) is 3.03. The smallest absolute Gasteiger partial charge is 0.0950 e. The molecule has 2 aromatic rings. The quantitative estimate of drug-likeness (QED) is 0.885. The fourth-order valence-electron chi connectivity index (χ4n) is 2.35. The third-order valence-electron chi connectivity index (χ3n) is 3.14. The van der Waals surface area contributed by atoms with Gasteiger partial charge in [0.1, 0.15) is 0 Å². The number of benzene rings is 1. The van der Waals surface area contributed by atoms with Crippen molar-refractivity contribution >= 4 is 11.3 Å². The maximum Gasteiger partial charge on any atom is 0.0950 e. The van der Waals surface area contributed by atoms with Crippen LogP contribution in [0.5, 0.6) is 0 Å². The van der Waals surface area contributed by atoms with Crippen molar-refractivity contribution in [3.63, 3.8) is 0 Å². The highest BCUT2D eigenvalue weighted by atomic mass is 32.1. The van der Waals surface area contributed by atoms with Crippen LogP contribution in [0.15, 0.2) is 29.9 Å². The van der Waals surface area contributed by atoms with E-state index in [0.717, 1.165) is 13.0 Å². The molecule has 0 radical (unpaired) electrons. The summed E-state index contributed by atoms with van der Waals surface area (Å²) in [5, 5.41) is 0. The predicted octanol–water partition coefficient (Wildman–Crippen LogP) is 2.38. The minimum atomic E-state index is 0.0478. The van der Waals surface area contributed by atoms with Gasteiger partial charge in [0.05, 0.1) is 23.1 Å². The van der Waals surface area contributed by atoms with E-state index in [1.54, 1.807) is 11.3 Å². The number of thiazole rings is 1. The van der Waals surface area contributed by atoms with Crippen LogP contribution in [0.25, 0.3) is 10.4 Å². The summed E-state index contributed by atoms with van der Waals surface area (Å²) >= 11 is 1.67. The highest BCUT2D eigenvalue weighted by molar-refractivity contribution is 7.13. The molecule has 1 aliphatic rings. The van der Waals surface area contributed by atoms with Crippen LogP contribution in [0.1, 0.15) is 17.2 Å². The van der Waals surface area contributed by atoms with Gasteiger partial charge in [0, 0.05) is 12.7 Å². The Morgan fingerprint density at radius 1 is 1.47 bits per heavy atom. The molecule has 0 aliphatic carbocycles. The third-order valence-corrected chi connectivity index (χ3v) is 3.95. The number of hydrogen-bond donors (Lipinski definition) is 1. The lowest BCUT2D eigenvalue weighted by Crippen LogP contribution is -2.23. The van der Waals surface area contributed by atoms with Gasteiger partial charge in [-0.15, -0.1) is 11.3 Å². The minimum absolute atomic E-state index is 0.0478. The number of fused-ring (bicyclic) bond motifs is 1. The molecule has 0 bridgehead atoms. The Labute approximate surface area is 104 Å². The van der Waals surface area contributed by atoms with E-state index in [1.165, 1.54) is 21.6 Å². The Balaban J connectivity index is 2.12. The van der Waals surface area contributed by atoms with Gasteiger partial charge in [0.25, 0.3) is 0 Å². The first-order chi connectivity index (χ1) is 8.40. The minimum Gasteiger partial charge on any atom is -0.372 e. The summed E-state index contributed by atoms with van der Waals surface area (Å²) in [5.74, 6) is 0. The molecule has 1 aromatic carbocycles. The van der Waals surface area contributed by atoms with Crippen LogP contribution in [0, 0.1) is 0 Å². The van der Waals surface area contributed by atoms with Crippen molar-refractivity contribution in [3.05, 3.63) is 41.0 Å². The zero-order chi connectivity index (χ0) is 11.7. The summed E-state index contributed by atoms with van der Waals surface area (Å²) in [6.07, 6.45) is 2.93. The molecule has 1 unspecified atom stereocenters. The lowest BCUT2D eigenvalue weighted by atomic mass is 9.92. The van der Waals surface area contributed by atoms with Crippen LogP contribution in [-0.4, -0.2) is 18.1 Å². The van der Waals surface area contributed by atoms with Crippen LogP contribution in [0.3, 0.4) is 0 Å². The second-order valence-electron chi connectivity index (χ2n) is 4.08. The summed E-state index contributed by atoms with van der Waals surface area (Å²) in [6, 6.07) is 6.35. The Morgan fingerprint density at radius 3 is 3.18 bits per heavy atom. The predicted molar refractivity (Wildman–Crippen MR) is 69.0 cm³/mol. The number of nitrogens with zero attached hydrogens (tertiary/aromatic N) is 1. The van der Waals surface area contributed by atoms with Crippen molar-refractivity contribution in [1.29, 1.82) is 0 Å². The van der Waals surface area contributed by atoms with Gasteiger partial charge in [-0.2, -0.15) is 0 Å². The zero-order valence-electron chi connectivity index (χ0n) is 9.43. The first-order valence-corrected chi connectivity index (χ1v) is 6.60. The Morgan fingerprint density at radius 2 is 2.41 bits per heavy atom. The van der Waals surface area contributed by atoms with Gasteiger partial charge in [-0.05, 0) is 23.1 Å². The van der Waals surface area contributed by atoms with Crippen LogP contribution >= 0.6 is 11.3 Å².